The standard InChI is InChI=1S/C33H30F3N3O5S/c34-33(35,36)44-25-14-15-28-27(19-25)38-32(45-28)39-31(43)26(23-12-10-22(11-13-23)21-4-2-1-3-5-21)18-20-6-8-24(9-7-20)30(42)37-17-16-29(40)41/h4,6-15,19,26H,1-3,5,16-18H2,(H,37,42)(H,40,41)(H,38,39,43). The summed E-state index contributed by atoms with van der Waals surface area (Å²) in [6.45, 7) is 0.00743. The Morgan fingerprint density at radius 1 is 1.00 bits per heavy atom. The molecule has 1 aliphatic rings. The fourth-order valence-electron chi connectivity index (χ4n) is 5.16. The normalized spacial score (nSPS) is 14.0. The first-order valence-corrected chi connectivity index (χ1v) is 15.2. The lowest BCUT2D eigenvalue weighted by molar-refractivity contribution is -0.274. The number of halogens is 3. The average Bonchev–Trinajstić information content (AvgIpc) is 3.41. The largest absolute Gasteiger partial charge is 0.573 e. The molecule has 4 aromatic rings. The van der Waals surface area contributed by atoms with Gasteiger partial charge >= 0.3 is 12.3 Å². The van der Waals surface area contributed by atoms with E-state index < -0.39 is 29.9 Å². The van der Waals surface area contributed by atoms with Gasteiger partial charge in [0.1, 0.15) is 5.75 Å². The second-order valence-electron chi connectivity index (χ2n) is 10.6. The number of carbonyl (C=O) groups excluding carboxylic acids is 2. The third-order valence-electron chi connectivity index (χ3n) is 7.39. The molecule has 1 heterocycles. The van der Waals surface area contributed by atoms with E-state index in [-0.39, 0.29) is 29.5 Å². The van der Waals surface area contributed by atoms with E-state index in [9.17, 15) is 27.6 Å². The fourth-order valence-corrected chi connectivity index (χ4v) is 6.00. The number of ether oxygens (including phenoxy) is 1. The van der Waals surface area contributed by atoms with Gasteiger partial charge in [-0.25, -0.2) is 4.98 Å². The summed E-state index contributed by atoms with van der Waals surface area (Å²) < 4.78 is 42.6. The van der Waals surface area contributed by atoms with E-state index in [1.165, 1.54) is 30.2 Å². The van der Waals surface area contributed by atoms with Crippen molar-refractivity contribution in [2.75, 3.05) is 11.9 Å². The number of anilines is 1. The Hall–Kier alpha value is -4.71. The number of nitrogens with zero attached hydrogens (tertiary/aromatic N) is 1. The van der Waals surface area contributed by atoms with Gasteiger partial charge in [-0.1, -0.05) is 53.8 Å². The summed E-state index contributed by atoms with van der Waals surface area (Å²) >= 11 is 1.14. The van der Waals surface area contributed by atoms with Crippen LogP contribution in [0.3, 0.4) is 0 Å². The van der Waals surface area contributed by atoms with Crippen molar-refractivity contribution in [3.8, 4) is 5.75 Å². The Labute approximate surface area is 260 Å². The molecule has 0 bridgehead atoms. The van der Waals surface area contributed by atoms with Crippen molar-refractivity contribution >= 4 is 50.0 Å². The van der Waals surface area contributed by atoms with Gasteiger partial charge in [0, 0.05) is 18.2 Å². The van der Waals surface area contributed by atoms with Crippen LogP contribution in [0.2, 0.25) is 0 Å². The molecule has 0 spiro atoms. The molecule has 8 nitrogen and oxygen atoms in total. The summed E-state index contributed by atoms with van der Waals surface area (Å²) in [5.41, 5.74) is 4.57. The Balaban J connectivity index is 1.36. The third kappa shape index (κ3) is 8.69. The van der Waals surface area contributed by atoms with Crippen molar-refractivity contribution in [3.05, 3.63) is 95.1 Å². The van der Waals surface area contributed by atoms with E-state index in [4.69, 9.17) is 5.11 Å². The topological polar surface area (TPSA) is 118 Å². The lowest BCUT2D eigenvalue weighted by Gasteiger charge is -2.18. The first-order chi connectivity index (χ1) is 21.5. The summed E-state index contributed by atoms with van der Waals surface area (Å²) in [4.78, 5) is 41.2. The molecule has 1 unspecified atom stereocenters. The van der Waals surface area contributed by atoms with E-state index in [1.807, 2.05) is 24.3 Å². The van der Waals surface area contributed by atoms with Crippen molar-refractivity contribution in [2.24, 2.45) is 0 Å². The minimum absolute atomic E-state index is 0.00743. The molecule has 3 aromatic carbocycles. The number of aliphatic carboxylic acids is 1. The first-order valence-electron chi connectivity index (χ1n) is 14.4. The van der Waals surface area contributed by atoms with Crippen molar-refractivity contribution in [2.45, 2.75) is 50.8 Å². The number of carboxylic acids is 1. The van der Waals surface area contributed by atoms with Crippen molar-refractivity contribution in [1.29, 1.82) is 0 Å². The van der Waals surface area contributed by atoms with Gasteiger partial charge in [0.05, 0.1) is 22.6 Å². The number of thiazole rings is 1. The second-order valence-corrected chi connectivity index (χ2v) is 11.7. The Kier molecular flexibility index (Phi) is 9.82. The molecule has 0 saturated carbocycles. The molecule has 0 radical (unpaired) electrons. The van der Waals surface area contributed by atoms with Crippen molar-refractivity contribution in [1.82, 2.24) is 10.3 Å². The third-order valence-corrected chi connectivity index (χ3v) is 8.35. The van der Waals surface area contributed by atoms with Crippen molar-refractivity contribution < 1.29 is 37.4 Å². The number of benzene rings is 3. The number of hydrogen-bond acceptors (Lipinski definition) is 6. The summed E-state index contributed by atoms with van der Waals surface area (Å²) in [5, 5.41) is 14.4. The number of allylic oxidation sites excluding steroid dienone is 2. The van der Waals surface area contributed by atoms with Crippen LogP contribution in [0.4, 0.5) is 18.3 Å². The highest BCUT2D eigenvalue weighted by Crippen LogP contribution is 2.33. The summed E-state index contributed by atoms with van der Waals surface area (Å²) in [6, 6.07) is 18.4. The number of rotatable bonds is 11. The lowest BCUT2D eigenvalue weighted by atomic mass is 9.88. The zero-order valence-electron chi connectivity index (χ0n) is 24.0. The molecule has 5 rings (SSSR count). The van der Waals surface area contributed by atoms with Crippen LogP contribution >= 0.6 is 11.3 Å². The molecule has 1 atom stereocenters. The zero-order chi connectivity index (χ0) is 32.0. The summed E-state index contributed by atoms with van der Waals surface area (Å²) in [5.74, 6) is -2.80. The van der Waals surface area contributed by atoms with Gasteiger partial charge in [-0.3, -0.25) is 14.4 Å². The summed E-state index contributed by atoms with van der Waals surface area (Å²) in [7, 11) is 0. The highest BCUT2D eigenvalue weighted by molar-refractivity contribution is 7.22. The van der Waals surface area contributed by atoms with Crippen LogP contribution in [0.5, 0.6) is 5.75 Å². The van der Waals surface area contributed by atoms with Gasteiger partial charge < -0.3 is 20.5 Å². The molecule has 1 aliphatic carbocycles. The molecular formula is C33H30F3N3O5S. The number of carboxylic acid groups (broad SMARTS) is 1. The Bertz CT molecular complexity index is 1720. The monoisotopic (exact) mass is 637 g/mol. The molecule has 234 valence electrons. The summed E-state index contributed by atoms with van der Waals surface area (Å²) in [6.07, 6.45) is 1.89. The predicted molar refractivity (Wildman–Crippen MR) is 165 cm³/mol. The number of nitrogens with one attached hydrogen (secondary N) is 2. The highest BCUT2D eigenvalue weighted by atomic mass is 32.1. The molecule has 0 saturated heterocycles. The number of aromatic nitrogens is 1. The van der Waals surface area contributed by atoms with Crippen LogP contribution < -0.4 is 15.4 Å². The SMILES string of the molecule is O=C(O)CCNC(=O)c1ccc(CC(C(=O)Nc2nc3cc(OC(F)(F)F)ccc3s2)c2ccc(C3=CCCCC3)cc2)cc1. The average molecular weight is 638 g/mol. The molecule has 2 amide bonds. The van der Waals surface area contributed by atoms with Crippen LogP contribution in [0, 0.1) is 0 Å². The van der Waals surface area contributed by atoms with Crippen LogP contribution in [-0.2, 0) is 16.0 Å². The van der Waals surface area contributed by atoms with Gasteiger partial charge in [0.15, 0.2) is 5.13 Å². The molecule has 45 heavy (non-hydrogen) atoms. The van der Waals surface area contributed by atoms with Gasteiger partial charge in [-0.15, -0.1) is 13.2 Å². The van der Waals surface area contributed by atoms with E-state index >= 15 is 0 Å². The Morgan fingerprint density at radius 2 is 1.76 bits per heavy atom. The number of amides is 2. The maximum absolute atomic E-state index is 13.7. The highest BCUT2D eigenvalue weighted by Gasteiger charge is 2.31. The molecule has 0 fully saturated rings. The predicted octanol–water partition coefficient (Wildman–Crippen LogP) is 7.32. The molecule has 1 aromatic heterocycles. The van der Waals surface area contributed by atoms with E-state index in [2.05, 4.69) is 26.4 Å². The minimum Gasteiger partial charge on any atom is -0.481 e. The zero-order valence-corrected chi connectivity index (χ0v) is 24.8. The number of alkyl halides is 3. The fraction of sp³-hybridized carbons (Fsp3) is 0.273. The van der Waals surface area contributed by atoms with Crippen LogP contribution in [0.25, 0.3) is 15.8 Å². The molecule has 3 N–H and O–H groups in total. The van der Waals surface area contributed by atoms with Crippen LogP contribution in [0.1, 0.15) is 65.1 Å². The second kappa shape index (κ2) is 13.9. The molecule has 12 heteroatoms. The maximum atomic E-state index is 13.7. The van der Waals surface area contributed by atoms with Crippen molar-refractivity contribution in [3.63, 3.8) is 0 Å². The van der Waals surface area contributed by atoms with Gasteiger partial charge in [-0.05, 0) is 78.6 Å². The molecule has 0 aliphatic heterocycles. The maximum Gasteiger partial charge on any atom is 0.573 e. The van der Waals surface area contributed by atoms with E-state index in [0.717, 1.165) is 47.3 Å². The minimum atomic E-state index is -4.83. The van der Waals surface area contributed by atoms with E-state index in [1.54, 1.807) is 24.3 Å². The number of fused-ring (bicyclic) bond motifs is 1. The molecular weight excluding hydrogens is 607 g/mol. The van der Waals surface area contributed by atoms with Gasteiger partial charge in [0.2, 0.25) is 5.91 Å². The van der Waals surface area contributed by atoms with Crippen LogP contribution in [-0.4, -0.2) is 40.8 Å². The Morgan fingerprint density at radius 3 is 2.42 bits per heavy atom. The van der Waals surface area contributed by atoms with Crippen LogP contribution in [0.15, 0.2) is 72.8 Å². The number of carbonyl (C=O) groups is 3. The van der Waals surface area contributed by atoms with Gasteiger partial charge in [0.25, 0.3) is 5.91 Å². The van der Waals surface area contributed by atoms with Gasteiger partial charge in [-0.2, -0.15) is 0 Å². The van der Waals surface area contributed by atoms with E-state index in [0.29, 0.717) is 16.7 Å². The quantitative estimate of drug-likeness (QED) is 0.159. The first kappa shape index (κ1) is 31.7. The number of hydrogen-bond donors (Lipinski definition) is 3. The lowest BCUT2D eigenvalue weighted by Crippen LogP contribution is -2.26. The smallest absolute Gasteiger partial charge is 0.481 e.